The van der Waals surface area contributed by atoms with Crippen LogP contribution in [0.15, 0.2) is 10.6 Å². The van der Waals surface area contributed by atoms with Gasteiger partial charge in [-0.1, -0.05) is 76.8 Å². The Morgan fingerprint density at radius 1 is 0.909 bits per heavy atom. The molecule has 1 rings (SSSR count). The van der Waals surface area contributed by atoms with Crippen LogP contribution < -0.4 is 4.74 Å². The normalized spacial score (nSPS) is 12.5. The van der Waals surface area contributed by atoms with Crippen LogP contribution in [0.2, 0.25) is 0 Å². The first-order valence-electron chi connectivity index (χ1n) is 9.41. The molecule has 128 valence electrons. The fourth-order valence-corrected chi connectivity index (χ4v) is 2.93. The third kappa shape index (κ3) is 7.86. The summed E-state index contributed by atoms with van der Waals surface area (Å²) in [4.78, 5) is 0. The van der Waals surface area contributed by atoms with Crippen molar-refractivity contribution in [1.29, 1.82) is 0 Å². The molecule has 0 spiro atoms. The van der Waals surface area contributed by atoms with Gasteiger partial charge in [-0.2, -0.15) is 0 Å². The molecule has 0 bridgehead atoms. The molecule has 0 saturated heterocycles. The molecule has 1 unspecified atom stereocenters. The molecular weight excluding hydrogens is 274 g/mol. The van der Waals surface area contributed by atoms with Gasteiger partial charge in [-0.25, -0.2) is 0 Å². The molecule has 1 atom stereocenters. The fourth-order valence-electron chi connectivity index (χ4n) is 2.93. The van der Waals surface area contributed by atoms with Gasteiger partial charge in [0.15, 0.2) is 0 Å². The van der Waals surface area contributed by atoms with Gasteiger partial charge in [0.25, 0.3) is 0 Å². The van der Waals surface area contributed by atoms with Crippen molar-refractivity contribution in [3.8, 4) is 5.95 Å². The summed E-state index contributed by atoms with van der Waals surface area (Å²) in [5.74, 6) is 1.11. The van der Waals surface area contributed by atoms with E-state index in [0.29, 0.717) is 18.5 Å². The Hall–Kier alpha value is -0.990. The van der Waals surface area contributed by atoms with E-state index in [9.17, 15) is 0 Å². The van der Waals surface area contributed by atoms with Crippen LogP contribution in [-0.4, -0.2) is 11.8 Å². The van der Waals surface area contributed by atoms with E-state index in [1.54, 1.807) is 0 Å². The molecule has 0 radical (unpaired) electrons. The topological polar surface area (TPSA) is 35.3 Å². The third-order valence-electron chi connectivity index (χ3n) is 4.27. The molecule has 22 heavy (non-hydrogen) atoms. The molecule has 0 aliphatic carbocycles. The van der Waals surface area contributed by atoms with E-state index < -0.39 is 0 Å². The number of rotatable bonds is 14. The number of unbranched alkanes of at least 4 members (excludes halogenated alkanes) is 7. The van der Waals surface area contributed by atoms with E-state index in [2.05, 4.69) is 19.0 Å². The molecule has 1 aromatic heterocycles. The zero-order valence-electron chi connectivity index (χ0n) is 14.9. The smallest absolute Gasteiger partial charge is 0.311 e. The molecule has 0 N–H and O–H groups in total. The Kier molecular flexibility index (Phi) is 10.9. The molecule has 0 aromatic carbocycles. The van der Waals surface area contributed by atoms with E-state index in [4.69, 9.17) is 9.26 Å². The summed E-state index contributed by atoms with van der Waals surface area (Å²) in [7, 11) is 0. The summed E-state index contributed by atoms with van der Waals surface area (Å²) in [6.45, 7) is 7.13. The lowest BCUT2D eigenvalue weighted by atomic mass is 9.91. The standard InChI is InChI=1S/C19H35NO2/c1-4-7-9-11-13-15-17(14-12-10-8-5-2)18-16-19(21-6-3)22-20-18/h16-17H,4-15H2,1-3H3. The molecule has 0 aliphatic heterocycles. The lowest BCUT2D eigenvalue weighted by molar-refractivity contribution is 0.223. The maximum absolute atomic E-state index is 5.41. The molecule has 1 heterocycles. The average molecular weight is 309 g/mol. The number of hydrogen-bond acceptors (Lipinski definition) is 3. The van der Waals surface area contributed by atoms with Crippen LogP contribution in [0.4, 0.5) is 0 Å². The molecule has 0 aliphatic rings. The average Bonchev–Trinajstić information content (AvgIpc) is 2.98. The Bertz CT molecular complexity index is 362. The van der Waals surface area contributed by atoms with Gasteiger partial charge in [0, 0.05) is 12.0 Å². The SMILES string of the molecule is CCCCCCCC(CCCCCC)c1cc(OCC)on1. The minimum atomic E-state index is 0.538. The molecule has 0 fully saturated rings. The second-order valence-electron chi connectivity index (χ2n) is 6.25. The predicted molar refractivity (Wildman–Crippen MR) is 92.5 cm³/mol. The van der Waals surface area contributed by atoms with Crippen LogP contribution in [0.25, 0.3) is 0 Å². The van der Waals surface area contributed by atoms with E-state index >= 15 is 0 Å². The van der Waals surface area contributed by atoms with Crippen LogP contribution in [0.3, 0.4) is 0 Å². The van der Waals surface area contributed by atoms with Gasteiger partial charge in [0.05, 0.1) is 12.3 Å². The van der Waals surface area contributed by atoms with E-state index in [-0.39, 0.29) is 0 Å². The van der Waals surface area contributed by atoms with Crippen LogP contribution in [0.5, 0.6) is 5.95 Å². The van der Waals surface area contributed by atoms with Gasteiger partial charge in [-0.05, 0) is 19.8 Å². The fraction of sp³-hybridized carbons (Fsp3) is 0.842. The highest BCUT2D eigenvalue weighted by molar-refractivity contribution is 5.14. The summed E-state index contributed by atoms with van der Waals surface area (Å²) in [5, 5.41) is 4.25. The van der Waals surface area contributed by atoms with Crippen molar-refractivity contribution < 1.29 is 9.26 Å². The minimum Gasteiger partial charge on any atom is -0.464 e. The third-order valence-corrected chi connectivity index (χ3v) is 4.27. The zero-order chi connectivity index (χ0) is 16.0. The van der Waals surface area contributed by atoms with Crippen LogP contribution in [0.1, 0.15) is 103 Å². The van der Waals surface area contributed by atoms with Crippen molar-refractivity contribution in [2.24, 2.45) is 0 Å². The Balaban J connectivity index is 2.44. The Morgan fingerprint density at radius 3 is 2.09 bits per heavy atom. The van der Waals surface area contributed by atoms with Gasteiger partial charge in [0.1, 0.15) is 0 Å². The monoisotopic (exact) mass is 309 g/mol. The second-order valence-corrected chi connectivity index (χ2v) is 6.25. The van der Waals surface area contributed by atoms with Gasteiger partial charge in [-0.15, -0.1) is 0 Å². The first-order chi connectivity index (χ1) is 10.8. The molecule has 0 amide bonds. The molecule has 3 heteroatoms. The van der Waals surface area contributed by atoms with Crippen LogP contribution in [-0.2, 0) is 0 Å². The lowest BCUT2D eigenvalue weighted by Gasteiger charge is -2.13. The first-order valence-corrected chi connectivity index (χ1v) is 9.41. The van der Waals surface area contributed by atoms with Crippen LogP contribution >= 0.6 is 0 Å². The maximum Gasteiger partial charge on any atom is 0.311 e. The Morgan fingerprint density at radius 2 is 1.50 bits per heavy atom. The van der Waals surface area contributed by atoms with Crippen molar-refractivity contribution in [3.05, 3.63) is 11.8 Å². The quantitative estimate of drug-likeness (QED) is 0.368. The molecule has 0 saturated carbocycles. The summed E-state index contributed by atoms with van der Waals surface area (Å²) in [5.41, 5.74) is 1.09. The highest BCUT2D eigenvalue weighted by atomic mass is 16.6. The Labute approximate surface area is 136 Å². The van der Waals surface area contributed by atoms with E-state index in [0.717, 1.165) is 5.69 Å². The summed E-state index contributed by atoms with van der Waals surface area (Å²) in [6.07, 6.45) is 14.4. The minimum absolute atomic E-state index is 0.538. The number of aromatic nitrogens is 1. The molecule has 1 aromatic rings. The van der Waals surface area contributed by atoms with Crippen molar-refractivity contribution in [2.75, 3.05) is 6.61 Å². The predicted octanol–water partition coefficient (Wildman–Crippen LogP) is 6.49. The maximum atomic E-state index is 5.41. The summed E-state index contributed by atoms with van der Waals surface area (Å²) < 4.78 is 10.7. The van der Waals surface area contributed by atoms with Gasteiger partial charge in [0.2, 0.25) is 0 Å². The summed E-state index contributed by atoms with van der Waals surface area (Å²) in [6, 6.07) is 2.00. The molecule has 3 nitrogen and oxygen atoms in total. The molecular formula is C19H35NO2. The highest BCUT2D eigenvalue weighted by Gasteiger charge is 2.16. The second kappa shape index (κ2) is 12.5. The summed E-state index contributed by atoms with van der Waals surface area (Å²) >= 11 is 0. The van der Waals surface area contributed by atoms with Crippen molar-refractivity contribution in [3.63, 3.8) is 0 Å². The van der Waals surface area contributed by atoms with Crippen molar-refractivity contribution in [1.82, 2.24) is 5.16 Å². The zero-order valence-corrected chi connectivity index (χ0v) is 14.9. The van der Waals surface area contributed by atoms with Crippen molar-refractivity contribution in [2.45, 2.75) is 97.3 Å². The highest BCUT2D eigenvalue weighted by Crippen LogP contribution is 2.30. The number of ether oxygens (including phenoxy) is 1. The van der Waals surface area contributed by atoms with Crippen molar-refractivity contribution >= 4 is 0 Å². The van der Waals surface area contributed by atoms with E-state index in [1.807, 2.05) is 13.0 Å². The lowest BCUT2D eigenvalue weighted by Crippen LogP contribution is -2.00. The first kappa shape index (κ1) is 19.1. The number of hydrogen-bond donors (Lipinski definition) is 0. The van der Waals surface area contributed by atoms with E-state index in [1.165, 1.54) is 70.6 Å². The van der Waals surface area contributed by atoms with Crippen LogP contribution in [0, 0.1) is 0 Å². The van der Waals surface area contributed by atoms with Gasteiger partial charge in [-0.3, -0.25) is 0 Å². The number of nitrogens with zero attached hydrogens (tertiary/aromatic N) is 1. The van der Waals surface area contributed by atoms with Gasteiger partial charge >= 0.3 is 5.95 Å². The largest absolute Gasteiger partial charge is 0.464 e. The van der Waals surface area contributed by atoms with Gasteiger partial charge < -0.3 is 9.26 Å².